The molecule has 0 bridgehead atoms. The van der Waals surface area contributed by atoms with Gasteiger partial charge in [-0.1, -0.05) is 18.2 Å². The van der Waals surface area contributed by atoms with E-state index in [2.05, 4.69) is 17.5 Å². The molecule has 0 aliphatic carbocycles. The Hall–Kier alpha value is -1.63. The highest BCUT2D eigenvalue weighted by atomic mass is 16.3. The molecule has 0 spiro atoms. The molecule has 1 saturated heterocycles. The van der Waals surface area contributed by atoms with Gasteiger partial charge >= 0.3 is 0 Å². The minimum Gasteiger partial charge on any atom is -0.396 e. The number of aliphatic hydroxyl groups excluding tert-OH is 1. The second-order valence-corrected chi connectivity index (χ2v) is 5.77. The Morgan fingerprint density at radius 3 is 2.75 bits per heavy atom. The van der Waals surface area contributed by atoms with Gasteiger partial charge in [0.05, 0.1) is 18.2 Å². The van der Waals surface area contributed by atoms with Crippen LogP contribution in [0.25, 0.3) is 0 Å². The van der Waals surface area contributed by atoms with Gasteiger partial charge in [-0.15, -0.1) is 6.58 Å². The number of benzene rings is 1. The molecule has 1 aliphatic rings. The van der Waals surface area contributed by atoms with Crippen molar-refractivity contribution in [3.8, 4) is 6.07 Å². The van der Waals surface area contributed by atoms with Crippen molar-refractivity contribution in [2.75, 3.05) is 19.7 Å². The van der Waals surface area contributed by atoms with Crippen LogP contribution >= 0.6 is 0 Å². The largest absolute Gasteiger partial charge is 0.396 e. The van der Waals surface area contributed by atoms with Crippen molar-refractivity contribution in [3.05, 3.63) is 48.0 Å². The summed E-state index contributed by atoms with van der Waals surface area (Å²) >= 11 is 0. The number of hydrogen-bond donors (Lipinski definition) is 1. The molecule has 1 fully saturated rings. The van der Waals surface area contributed by atoms with Crippen molar-refractivity contribution in [3.63, 3.8) is 0 Å². The molecule has 3 heteroatoms. The predicted octanol–water partition coefficient (Wildman–Crippen LogP) is 2.71. The van der Waals surface area contributed by atoms with Crippen LogP contribution in [0.1, 0.15) is 30.4 Å². The lowest BCUT2D eigenvalue weighted by Crippen LogP contribution is -2.44. The highest BCUT2D eigenvalue weighted by Crippen LogP contribution is 2.33. The molecule has 1 aliphatic heterocycles. The smallest absolute Gasteiger partial charge is 0.0991 e. The first kappa shape index (κ1) is 14.8. The van der Waals surface area contributed by atoms with Crippen LogP contribution in [-0.4, -0.2) is 29.7 Å². The third-order valence-corrected chi connectivity index (χ3v) is 4.14. The number of aliphatic hydroxyl groups is 1. The highest BCUT2D eigenvalue weighted by Gasteiger charge is 2.33. The second-order valence-electron chi connectivity index (χ2n) is 5.77. The zero-order valence-electron chi connectivity index (χ0n) is 11.9. The average molecular weight is 270 g/mol. The summed E-state index contributed by atoms with van der Waals surface area (Å²) in [5.74, 6) is 0. The molecular weight excluding hydrogens is 248 g/mol. The SMILES string of the molecule is C=CC[C@]1(CO)CCCN(Cc2ccc(C#N)cc2)C1. The van der Waals surface area contributed by atoms with Gasteiger partial charge in [0.1, 0.15) is 0 Å². The van der Waals surface area contributed by atoms with Gasteiger partial charge < -0.3 is 5.11 Å². The number of rotatable bonds is 5. The van der Waals surface area contributed by atoms with Crippen molar-refractivity contribution >= 4 is 0 Å². The van der Waals surface area contributed by atoms with Gasteiger partial charge in [-0.2, -0.15) is 5.26 Å². The van der Waals surface area contributed by atoms with Crippen LogP contribution < -0.4 is 0 Å². The fourth-order valence-electron chi connectivity index (χ4n) is 3.05. The summed E-state index contributed by atoms with van der Waals surface area (Å²) in [5.41, 5.74) is 1.90. The molecule has 1 heterocycles. The number of nitrogens with zero attached hydrogens (tertiary/aromatic N) is 2. The van der Waals surface area contributed by atoms with Gasteiger partial charge in [-0.25, -0.2) is 0 Å². The zero-order valence-corrected chi connectivity index (χ0v) is 11.9. The van der Waals surface area contributed by atoms with E-state index in [1.807, 2.05) is 30.3 Å². The van der Waals surface area contributed by atoms with Crippen molar-refractivity contribution in [2.45, 2.75) is 25.8 Å². The fourth-order valence-corrected chi connectivity index (χ4v) is 3.05. The van der Waals surface area contributed by atoms with Crippen LogP contribution in [0, 0.1) is 16.7 Å². The van der Waals surface area contributed by atoms with E-state index in [-0.39, 0.29) is 12.0 Å². The van der Waals surface area contributed by atoms with Crippen LogP contribution in [0.4, 0.5) is 0 Å². The quantitative estimate of drug-likeness (QED) is 0.837. The molecule has 0 aromatic heterocycles. The molecule has 0 unspecified atom stereocenters. The Balaban J connectivity index is 2.01. The first-order chi connectivity index (χ1) is 9.71. The third-order valence-electron chi connectivity index (χ3n) is 4.14. The number of piperidine rings is 1. The third kappa shape index (κ3) is 3.47. The van der Waals surface area contributed by atoms with Crippen LogP contribution in [-0.2, 0) is 6.54 Å². The summed E-state index contributed by atoms with van der Waals surface area (Å²) in [6.07, 6.45) is 4.97. The zero-order chi connectivity index (χ0) is 14.4. The van der Waals surface area contributed by atoms with Crippen molar-refractivity contribution < 1.29 is 5.11 Å². The molecule has 0 amide bonds. The van der Waals surface area contributed by atoms with E-state index < -0.39 is 0 Å². The van der Waals surface area contributed by atoms with Crippen LogP contribution in [0.15, 0.2) is 36.9 Å². The Labute approximate surface area is 121 Å². The Morgan fingerprint density at radius 1 is 1.40 bits per heavy atom. The predicted molar refractivity (Wildman–Crippen MR) is 80.0 cm³/mol. The maximum absolute atomic E-state index is 9.71. The molecule has 3 nitrogen and oxygen atoms in total. The maximum atomic E-state index is 9.71. The molecular formula is C17H22N2O. The fraction of sp³-hybridized carbons (Fsp3) is 0.471. The minimum atomic E-state index is -0.0212. The van der Waals surface area contributed by atoms with E-state index >= 15 is 0 Å². The summed E-state index contributed by atoms with van der Waals surface area (Å²) < 4.78 is 0. The first-order valence-corrected chi connectivity index (χ1v) is 7.14. The summed E-state index contributed by atoms with van der Waals surface area (Å²) in [5, 5.41) is 18.5. The van der Waals surface area contributed by atoms with Crippen LogP contribution in [0.2, 0.25) is 0 Å². The van der Waals surface area contributed by atoms with Gasteiger partial charge in [0.2, 0.25) is 0 Å². The topological polar surface area (TPSA) is 47.3 Å². The summed E-state index contributed by atoms with van der Waals surface area (Å²) in [6.45, 7) is 6.90. The lowest BCUT2D eigenvalue weighted by atomic mass is 9.78. The van der Waals surface area contributed by atoms with Crippen LogP contribution in [0.5, 0.6) is 0 Å². The molecule has 0 saturated carbocycles. The van der Waals surface area contributed by atoms with Gasteiger partial charge in [0, 0.05) is 18.5 Å². The number of likely N-dealkylation sites (tertiary alicyclic amines) is 1. The van der Waals surface area contributed by atoms with E-state index in [1.165, 1.54) is 5.56 Å². The summed E-state index contributed by atoms with van der Waals surface area (Å²) in [4.78, 5) is 2.39. The second kappa shape index (κ2) is 6.69. The minimum absolute atomic E-state index is 0.0212. The molecule has 0 radical (unpaired) electrons. The molecule has 1 aromatic carbocycles. The maximum Gasteiger partial charge on any atom is 0.0991 e. The van der Waals surface area contributed by atoms with Gasteiger partial charge in [0.25, 0.3) is 0 Å². The Bertz CT molecular complexity index is 489. The van der Waals surface area contributed by atoms with E-state index in [4.69, 9.17) is 5.26 Å². The lowest BCUT2D eigenvalue weighted by molar-refractivity contribution is 0.0309. The number of hydrogen-bond acceptors (Lipinski definition) is 3. The van der Waals surface area contributed by atoms with Crippen molar-refractivity contribution in [2.24, 2.45) is 5.41 Å². The normalized spacial score (nSPS) is 23.2. The Kier molecular flexibility index (Phi) is 4.94. The van der Waals surface area contributed by atoms with Crippen LogP contribution in [0.3, 0.4) is 0 Å². The Morgan fingerprint density at radius 2 is 2.15 bits per heavy atom. The monoisotopic (exact) mass is 270 g/mol. The van der Waals surface area contributed by atoms with E-state index in [0.29, 0.717) is 5.56 Å². The molecule has 1 N–H and O–H groups in total. The van der Waals surface area contributed by atoms with Crippen molar-refractivity contribution in [1.29, 1.82) is 5.26 Å². The van der Waals surface area contributed by atoms with E-state index in [9.17, 15) is 5.11 Å². The van der Waals surface area contributed by atoms with Gasteiger partial charge in [-0.3, -0.25) is 4.90 Å². The first-order valence-electron chi connectivity index (χ1n) is 7.14. The van der Waals surface area contributed by atoms with Gasteiger partial charge in [-0.05, 0) is 43.5 Å². The molecule has 1 aromatic rings. The standard InChI is InChI=1S/C17H22N2O/c1-2-8-17(14-20)9-3-10-19(13-17)12-16-6-4-15(11-18)5-7-16/h2,4-7,20H,1,3,8-10,12-14H2/t17-/m0/s1. The highest BCUT2D eigenvalue weighted by molar-refractivity contribution is 5.31. The van der Waals surface area contributed by atoms with Crippen molar-refractivity contribution in [1.82, 2.24) is 4.90 Å². The molecule has 1 atom stereocenters. The summed E-state index contributed by atoms with van der Waals surface area (Å²) in [7, 11) is 0. The molecule has 20 heavy (non-hydrogen) atoms. The van der Waals surface area contributed by atoms with Gasteiger partial charge in [0.15, 0.2) is 0 Å². The van der Waals surface area contributed by atoms with E-state index in [0.717, 1.165) is 38.9 Å². The van der Waals surface area contributed by atoms with E-state index in [1.54, 1.807) is 0 Å². The number of nitriles is 1. The summed E-state index contributed by atoms with van der Waals surface area (Å²) in [6, 6.07) is 9.90. The lowest BCUT2D eigenvalue weighted by Gasteiger charge is -2.41. The molecule has 2 rings (SSSR count). The number of allylic oxidation sites excluding steroid dienone is 1. The average Bonchev–Trinajstić information content (AvgIpc) is 2.49. The molecule has 106 valence electrons.